The van der Waals surface area contributed by atoms with Crippen molar-refractivity contribution in [1.82, 2.24) is 0 Å². The van der Waals surface area contributed by atoms with Crippen LogP contribution in [-0.2, 0) is 25.4 Å². The van der Waals surface area contributed by atoms with Gasteiger partial charge in [-0.3, -0.25) is 0 Å². The number of cyclic esters (lactones) is 2. The average molecular weight is 609 g/mol. The molecule has 1 aliphatic rings. The Morgan fingerprint density at radius 1 is 0.864 bits per heavy atom. The maximum Gasteiger partial charge on any atom is 0.508 e. The van der Waals surface area contributed by atoms with E-state index in [-0.39, 0.29) is 19.2 Å². The van der Waals surface area contributed by atoms with Gasteiger partial charge < -0.3 is 23.7 Å². The fourth-order valence-corrected chi connectivity index (χ4v) is 5.29. The van der Waals surface area contributed by atoms with Gasteiger partial charge in [0.25, 0.3) is 0 Å². The number of carbonyl (C=O) groups is 2. The Morgan fingerprint density at radius 2 is 1.50 bits per heavy atom. The molecule has 0 saturated carbocycles. The summed E-state index contributed by atoms with van der Waals surface area (Å²) in [6.45, 7) is 15.6. The molecule has 1 fully saturated rings. The zero-order valence-corrected chi connectivity index (χ0v) is 27.6. The summed E-state index contributed by atoms with van der Waals surface area (Å²) >= 11 is 0. The lowest BCUT2D eigenvalue weighted by Crippen LogP contribution is -2.41. The van der Waals surface area contributed by atoms with E-state index in [2.05, 4.69) is 43.8 Å². The van der Waals surface area contributed by atoms with Crippen molar-refractivity contribution < 1.29 is 33.3 Å². The van der Waals surface area contributed by atoms with Crippen molar-refractivity contribution in [2.45, 2.75) is 98.8 Å². The number of esters is 1. The Morgan fingerprint density at radius 3 is 2.14 bits per heavy atom. The number of hydrogen-bond acceptors (Lipinski definition) is 7. The van der Waals surface area contributed by atoms with Crippen LogP contribution in [0.5, 0.6) is 11.5 Å². The van der Waals surface area contributed by atoms with Crippen LogP contribution < -0.4 is 9.47 Å². The number of unbranched alkanes of at least 4 members (excludes halogenated alkanes) is 7. The van der Waals surface area contributed by atoms with Crippen LogP contribution in [0.1, 0.15) is 95.2 Å². The summed E-state index contributed by atoms with van der Waals surface area (Å²) in [5.74, 6) is 1.36. The smallest absolute Gasteiger partial charge is 0.493 e. The molecule has 44 heavy (non-hydrogen) atoms. The minimum atomic E-state index is -0.629. The molecule has 0 amide bonds. The maximum absolute atomic E-state index is 11.8. The van der Waals surface area contributed by atoms with Gasteiger partial charge >= 0.3 is 12.1 Å². The van der Waals surface area contributed by atoms with Crippen molar-refractivity contribution in [2.24, 2.45) is 5.41 Å². The monoisotopic (exact) mass is 608 g/mol. The highest BCUT2D eigenvalue weighted by Crippen LogP contribution is 2.34. The molecule has 1 saturated heterocycles. The number of hydrogen-bond donors (Lipinski definition) is 0. The molecule has 0 N–H and O–H groups in total. The van der Waals surface area contributed by atoms with E-state index in [0.29, 0.717) is 31.8 Å². The fraction of sp³-hybridized carbons (Fsp3) is 0.568. The van der Waals surface area contributed by atoms with E-state index in [0.717, 1.165) is 52.2 Å². The van der Waals surface area contributed by atoms with Gasteiger partial charge in [-0.25, -0.2) is 9.59 Å². The van der Waals surface area contributed by atoms with E-state index < -0.39 is 11.6 Å². The lowest BCUT2D eigenvalue weighted by atomic mass is 9.93. The minimum absolute atomic E-state index is 0.269. The second-order valence-corrected chi connectivity index (χ2v) is 12.5. The predicted molar refractivity (Wildman–Crippen MR) is 174 cm³/mol. The highest BCUT2D eigenvalue weighted by molar-refractivity contribution is 5.86. The quantitative estimate of drug-likeness (QED) is 0.0894. The van der Waals surface area contributed by atoms with Gasteiger partial charge in [0.15, 0.2) is 0 Å². The number of ether oxygens (including phenoxy) is 5. The first kappa shape index (κ1) is 35.0. The van der Waals surface area contributed by atoms with Crippen LogP contribution in [0.3, 0.4) is 0 Å². The topological polar surface area (TPSA) is 80.3 Å². The van der Waals surface area contributed by atoms with Crippen molar-refractivity contribution in [2.75, 3.05) is 33.0 Å². The fourth-order valence-electron chi connectivity index (χ4n) is 5.29. The summed E-state index contributed by atoms with van der Waals surface area (Å²) in [4.78, 5) is 23.1. The van der Waals surface area contributed by atoms with Crippen LogP contribution in [0.25, 0.3) is 11.1 Å². The van der Waals surface area contributed by atoms with E-state index in [9.17, 15) is 9.59 Å². The first-order valence-corrected chi connectivity index (χ1v) is 16.2. The van der Waals surface area contributed by atoms with Crippen molar-refractivity contribution >= 4 is 12.1 Å². The number of carbonyl (C=O) groups excluding carboxylic acids is 2. The van der Waals surface area contributed by atoms with E-state index in [1.165, 1.54) is 44.9 Å². The van der Waals surface area contributed by atoms with Crippen molar-refractivity contribution in [3.63, 3.8) is 0 Å². The molecule has 0 spiro atoms. The highest BCUT2D eigenvalue weighted by atomic mass is 16.7. The Kier molecular flexibility index (Phi) is 14.1. The van der Waals surface area contributed by atoms with Gasteiger partial charge in [-0.2, -0.15) is 0 Å². The first-order chi connectivity index (χ1) is 21.1. The molecule has 3 rings (SSSR count). The standard InChI is InChI=1S/C37H52O7/c1-7-8-9-10-11-12-13-14-19-40-33-18-17-30(23-31(33)16-15-20-41-35(38)27(2)3)32-21-28(4)34(29(5)22-32)42-24-37(6)25-43-36(39)44-26-37/h17-18,21-23H,2,7-16,19-20,24-26H2,1,3-6H3. The van der Waals surface area contributed by atoms with E-state index in [4.69, 9.17) is 23.7 Å². The van der Waals surface area contributed by atoms with E-state index in [1.54, 1.807) is 6.92 Å². The summed E-state index contributed by atoms with van der Waals surface area (Å²) in [5, 5.41) is 0. The third kappa shape index (κ3) is 11.2. The van der Waals surface area contributed by atoms with Crippen LogP contribution in [0, 0.1) is 19.3 Å². The molecular weight excluding hydrogens is 556 g/mol. The number of aryl methyl sites for hydroxylation is 3. The van der Waals surface area contributed by atoms with Gasteiger partial charge in [0.2, 0.25) is 0 Å². The van der Waals surface area contributed by atoms with Gasteiger partial charge in [-0.15, -0.1) is 0 Å². The highest BCUT2D eigenvalue weighted by Gasteiger charge is 2.34. The molecule has 242 valence electrons. The number of rotatable bonds is 19. The van der Waals surface area contributed by atoms with Gasteiger partial charge in [0.1, 0.15) is 31.3 Å². The molecule has 0 aromatic heterocycles. The molecule has 1 aliphatic heterocycles. The normalized spacial score (nSPS) is 14.0. The Hall–Kier alpha value is -3.48. The molecule has 0 radical (unpaired) electrons. The largest absolute Gasteiger partial charge is 0.508 e. The average Bonchev–Trinajstić information content (AvgIpc) is 2.99. The second-order valence-electron chi connectivity index (χ2n) is 12.5. The van der Waals surface area contributed by atoms with Crippen LogP contribution in [0.2, 0.25) is 0 Å². The lowest BCUT2D eigenvalue weighted by Gasteiger charge is -2.32. The van der Waals surface area contributed by atoms with E-state index in [1.807, 2.05) is 20.8 Å². The maximum atomic E-state index is 11.8. The molecule has 1 heterocycles. The van der Waals surface area contributed by atoms with Crippen LogP contribution in [-0.4, -0.2) is 45.2 Å². The summed E-state index contributed by atoms with van der Waals surface area (Å²) in [6, 6.07) is 10.6. The van der Waals surface area contributed by atoms with Gasteiger partial charge in [0, 0.05) is 5.57 Å². The van der Waals surface area contributed by atoms with Crippen LogP contribution in [0.15, 0.2) is 42.5 Å². The third-order valence-electron chi connectivity index (χ3n) is 7.92. The molecule has 0 bridgehead atoms. The molecule has 7 nitrogen and oxygen atoms in total. The van der Waals surface area contributed by atoms with Crippen molar-refractivity contribution in [3.8, 4) is 22.6 Å². The molecule has 2 aromatic rings. The minimum Gasteiger partial charge on any atom is -0.493 e. The summed E-state index contributed by atoms with van der Waals surface area (Å²) < 4.78 is 28.0. The second kappa shape index (κ2) is 17.7. The zero-order chi connectivity index (χ0) is 32.0. The molecule has 0 unspecified atom stereocenters. The SMILES string of the molecule is C=C(C)C(=O)OCCCc1cc(-c2cc(C)c(OCC3(C)COC(=O)OC3)c(C)c2)ccc1OCCCCCCCCCC. The van der Waals surface area contributed by atoms with Crippen molar-refractivity contribution in [1.29, 1.82) is 0 Å². The Labute approximate surface area is 264 Å². The summed E-state index contributed by atoms with van der Waals surface area (Å²) in [5.41, 5.74) is 5.35. The lowest BCUT2D eigenvalue weighted by molar-refractivity contribution is -0.139. The van der Waals surface area contributed by atoms with Crippen LogP contribution >= 0.6 is 0 Å². The summed E-state index contributed by atoms with van der Waals surface area (Å²) in [6.07, 6.45) is 10.9. The molecule has 0 aliphatic carbocycles. The predicted octanol–water partition coefficient (Wildman–Crippen LogP) is 9.09. The van der Waals surface area contributed by atoms with Crippen molar-refractivity contribution in [3.05, 3.63) is 59.2 Å². The Balaban J connectivity index is 1.67. The van der Waals surface area contributed by atoms with Gasteiger partial charge in [-0.1, -0.05) is 64.5 Å². The molecular formula is C37H52O7. The molecule has 2 aromatic carbocycles. The molecule has 0 atom stereocenters. The number of benzene rings is 2. The Bertz CT molecular complexity index is 1220. The van der Waals surface area contributed by atoms with Crippen LogP contribution in [0.4, 0.5) is 4.79 Å². The van der Waals surface area contributed by atoms with Gasteiger partial charge in [0.05, 0.1) is 18.6 Å². The zero-order valence-electron chi connectivity index (χ0n) is 27.6. The molecule has 7 heteroatoms. The first-order valence-electron chi connectivity index (χ1n) is 16.2. The summed E-state index contributed by atoms with van der Waals surface area (Å²) in [7, 11) is 0. The third-order valence-corrected chi connectivity index (χ3v) is 7.92. The van der Waals surface area contributed by atoms with Gasteiger partial charge in [-0.05, 0) is 99.0 Å². The van der Waals surface area contributed by atoms with E-state index >= 15 is 0 Å².